The standard InChI is InChI=1S/C23H24N6O3S/c1-12-9-16(20(31)19(12)30)27-21-14(22-28-15-5-3-4-6-17(15)33-22)11-25-23(29-21)26-13-7-8-24-18(10-13)32-2/h3-8,10-12,16,19-20,30-31H,9H2,1-2H3,(H2,24,25,26,27,29). The predicted octanol–water partition coefficient (Wildman–Crippen LogP) is 3.44. The smallest absolute Gasteiger partial charge is 0.229 e. The molecule has 0 aliphatic heterocycles. The Bertz CT molecular complexity index is 1250. The van der Waals surface area contributed by atoms with Crippen molar-refractivity contribution in [3.63, 3.8) is 0 Å². The van der Waals surface area contributed by atoms with Gasteiger partial charge in [-0.25, -0.2) is 15.0 Å². The van der Waals surface area contributed by atoms with E-state index in [2.05, 4.69) is 20.6 Å². The van der Waals surface area contributed by atoms with Crippen molar-refractivity contribution in [2.24, 2.45) is 5.92 Å². The zero-order valence-corrected chi connectivity index (χ0v) is 19.0. The number of para-hydroxylation sites is 1. The first-order chi connectivity index (χ1) is 16.0. The van der Waals surface area contributed by atoms with Gasteiger partial charge in [0.05, 0.1) is 35.0 Å². The molecular formula is C23H24N6O3S. The third kappa shape index (κ3) is 4.32. The maximum atomic E-state index is 10.5. The van der Waals surface area contributed by atoms with E-state index in [1.54, 1.807) is 43.0 Å². The number of benzene rings is 1. The van der Waals surface area contributed by atoms with Gasteiger partial charge in [0.2, 0.25) is 11.8 Å². The summed E-state index contributed by atoms with van der Waals surface area (Å²) in [7, 11) is 1.56. The van der Waals surface area contributed by atoms with Crippen molar-refractivity contribution in [1.29, 1.82) is 0 Å². The largest absolute Gasteiger partial charge is 0.481 e. The molecule has 4 unspecified atom stereocenters. The fourth-order valence-electron chi connectivity index (χ4n) is 4.00. The number of rotatable bonds is 6. The monoisotopic (exact) mass is 464 g/mol. The van der Waals surface area contributed by atoms with Crippen molar-refractivity contribution in [1.82, 2.24) is 19.9 Å². The summed E-state index contributed by atoms with van der Waals surface area (Å²) in [5, 5.41) is 28.0. The molecule has 0 bridgehead atoms. The van der Waals surface area contributed by atoms with E-state index in [0.29, 0.717) is 24.1 Å². The van der Waals surface area contributed by atoms with Crippen LogP contribution in [0.15, 0.2) is 48.8 Å². The van der Waals surface area contributed by atoms with E-state index >= 15 is 0 Å². The van der Waals surface area contributed by atoms with Gasteiger partial charge in [-0.2, -0.15) is 4.98 Å². The molecule has 1 aliphatic rings. The van der Waals surface area contributed by atoms with Gasteiger partial charge in [-0.1, -0.05) is 19.1 Å². The quantitative estimate of drug-likeness (QED) is 0.339. The number of fused-ring (bicyclic) bond motifs is 1. The lowest BCUT2D eigenvalue weighted by Crippen LogP contribution is -2.35. The van der Waals surface area contributed by atoms with Crippen LogP contribution < -0.4 is 15.4 Å². The topological polar surface area (TPSA) is 125 Å². The van der Waals surface area contributed by atoms with Gasteiger partial charge < -0.3 is 25.6 Å². The van der Waals surface area contributed by atoms with Crippen molar-refractivity contribution in [2.75, 3.05) is 17.7 Å². The first-order valence-electron chi connectivity index (χ1n) is 10.6. The second kappa shape index (κ2) is 8.89. The molecule has 1 saturated carbocycles. The normalized spacial score (nSPS) is 22.4. The highest BCUT2D eigenvalue weighted by Gasteiger charge is 2.39. The second-order valence-electron chi connectivity index (χ2n) is 8.10. The lowest BCUT2D eigenvalue weighted by atomic mass is 10.1. The highest BCUT2D eigenvalue weighted by molar-refractivity contribution is 7.21. The van der Waals surface area contributed by atoms with Gasteiger partial charge in [0.1, 0.15) is 16.9 Å². The number of pyridine rings is 1. The molecule has 1 aromatic carbocycles. The van der Waals surface area contributed by atoms with Gasteiger partial charge in [-0.3, -0.25) is 0 Å². The molecule has 1 fully saturated rings. The van der Waals surface area contributed by atoms with E-state index < -0.39 is 12.2 Å². The van der Waals surface area contributed by atoms with Crippen LogP contribution in [0.5, 0.6) is 5.88 Å². The molecule has 33 heavy (non-hydrogen) atoms. The summed E-state index contributed by atoms with van der Waals surface area (Å²) < 4.78 is 6.24. The number of thiazole rings is 1. The zero-order valence-electron chi connectivity index (χ0n) is 18.1. The molecule has 3 aromatic heterocycles. The average Bonchev–Trinajstić information content (AvgIpc) is 3.36. The molecule has 4 N–H and O–H groups in total. The molecule has 0 amide bonds. The molecule has 3 heterocycles. The van der Waals surface area contributed by atoms with Crippen molar-refractivity contribution in [3.05, 3.63) is 48.8 Å². The summed E-state index contributed by atoms with van der Waals surface area (Å²) in [6.07, 6.45) is 2.30. The molecule has 9 nitrogen and oxygen atoms in total. The lowest BCUT2D eigenvalue weighted by molar-refractivity contribution is 0.0210. The summed E-state index contributed by atoms with van der Waals surface area (Å²) in [5.41, 5.74) is 2.36. The van der Waals surface area contributed by atoms with E-state index in [1.807, 2.05) is 31.2 Å². The Balaban J connectivity index is 1.52. The van der Waals surface area contributed by atoms with E-state index in [0.717, 1.165) is 26.5 Å². The summed E-state index contributed by atoms with van der Waals surface area (Å²) >= 11 is 1.55. The Morgan fingerprint density at radius 2 is 1.94 bits per heavy atom. The Hall–Kier alpha value is -3.34. The number of aliphatic hydroxyl groups is 2. The number of aromatic nitrogens is 4. The number of ether oxygens (including phenoxy) is 1. The molecule has 4 atom stereocenters. The Kier molecular flexibility index (Phi) is 5.79. The Morgan fingerprint density at radius 3 is 2.70 bits per heavy atom. The first kappa shape index (κ1) is 21.5. The first-order valence-corrected chi connectivity index (χ1v) is 11.5. The molecule has 10 heteroatoms. The van der Waals surface area contributed by atoms with Crippen molar-refractivity contribution >= 4 is 39.0 Å². The fourth-order valence-corrected chi connectivity index (χ4v) is 4.97. The van der Waals surface area contributed by atoms with Crippen LogP contribution in [0, 0.1) is 5.92 Å². The van der Waals surface area contributed by atoms with E-state index in [1.165, 1.54) is 0 Å². The highest BCUT2D eigenvalue weighted by atomic mass is 32.1. The zero-order chi connectivity index (χ0) is 22.9. The maximum absolute atomic E-state index is 10.5. The summed E-state index contributed by atoms with van der Waals surface area (Å²) in [5.74, 6) is 1.36. The molecule has 5 rings (SSSR count). The summed E-state index contributed by atoms with van der Waals surface area (Å²) in [4.78, 5) is 18.0. The molecule has 0 spiro atoms. The molecule has 1 aliphatic carbocycles. The lowest BCUT2D eigenvalue weighted by Gasteiger charge is -2.20. The average molecular weight is 465 g/mol. The molecule has 170 valence electrons. The maximum Gasteiger partial charge on any atom is 0.229 e. The SMILES string of the molecule is COc1cc(Nc2ncc(-c3nc4ccccc4s3)c(NC3CC(C)C(O)C3O)n2)ccn1. The van der Waals surface area contributed by atoms with Gasteiger partial charge in [-0.05, 0) is 30.5 Å². The van der Waals surface area contributed by atoms with Crippen LogP contribution in [-0.2, 0) is 0 Å². The minimum Gasteiger partial charge on any atom is -0.481 e. The summed E-state index contributed by atoms with van der Waals surface area (Å²) in [6, 6.07) is 11.1. The van der Waals surface area contributed by atoms with Crippen LogP contribution in [0.4, 0.5) is 17.5 Å². The van der Waals surface area contributed by atoms with Gasteiger partial charge in [0.25, 0.3) is 0 Å². The van der Waals surface area contributed by atoms with Gasteiger partial charge in [-0.15, -0.1) is 11.3 Å². The molecule has 0 saturated heterocycles. The van der Waals surface area contributed by atoms with E-state index in [-0.39, 0.29) is 12.0 Å². The van der Waals surface area contributed by atoms with Gasteiger partial charge in [0, 0.05) is 24.1 Å². The van der Waals surface area contributed by atoms with Crippen LogP contribution in [-0.4, -0.2) is 55.5 Å². The number of aliphatic hydroxyl groups excluding tert-OH is 2. The minimum absolute atomic E-state index is 0.0212. The van der Waals surface area contributed by atoms with Crippen LogP contribution in [0.25, 0.3) is 20.8 Å². The Morgan fingerprint density at radius 1 is 1.09 bits per heavy atom. The van der Waals surface area contributed by atoms with Crippen LogP contribution in [0.1, 0.15) is 13.3 Å². The number of methoxy groups -OCH3 is 1. The molecule has 4 aromatic rings. The van der Waals surface area contributed by atoms with Crippen molar-refractivity contribution in [3.8, 4) is 16.5 Å². The van der Waals surface area contributed by atoms with Crippen molar-refractivity contribution in [2.45, 2.75) is 31.6 Å². The Labute approximate surface area is 194 Å². The predicted molar refractivity (Wildman–Crippen MR) is 128 cm³/mol. The second-order valence-corrected chi connectivity index (χ2v) is 9.13. The van der Waals surface area contributed by atoms with Crippen molar-refractivity contribution < 1.29 is 14.9 Å². The van der Waals surface area contributed by atoms with E-state index in [9.17, 15) is 10.2 Å². The highest BCUT2D eigenvalue weighted by Crippen LogP contribution is 2.36. The number of nitrogens with zero attached hydrogens (tertiary/aromatic N) is 4. The number of nitrogens with one attached hydrogen (secondary N) is 2. The molecular weight excluding hydrogens is 440 g/mol. The minimum atomic E-state index is -0.890. The van der Waals surface area contributed by atoms with Crippen LogP contribution in [0.3, 0.4) is 0 Å². The fraction of sp³-hybridized carbons (Fsp3) is 0.304. The van der Waals surface area contributed by atoms with Gasteiger partial charge >= 0.3 is 0 Å². The number of hydrogen-bond acceptors (Lipinski definition) is 10. The third-order valence-corrected chi connectivity index (χ3v) is 6.88. The molecule has 0 radical (unpaired) electrons. The number of anilines is 3. The third-order valence-electron chi connectivity index (χ3n) is 5.81. The van der Waals surface area contributed by atoms with E-state index in [4.69, 9.17) is 14.7 Å². The number of hydrogen-bond donors (Lipinski definition) is 4. The summed E-state index contributed by atoms with van der Waals surface area (Å²) in [6.45, 7) is 1.92. The van der Waals surface area contributed by atoms with Crippen LogP contribution >= 0.6 is 11.3 Å². The van der Waals surface area contributed by atoms with Gasteiger partial charge in [0.15, 0.2) is 0 Å². The van der Waals surface area contributed by atoms with Crippen LogP contribution in [0.2, 0.25) is 0 Å².